The summed E-state index contributed by atoms with van der Waals surface area (Å²) in [7, 11) is 0. The van der Waals surface area contributed by atoms with Crippen molar-refractivity contribution in [3.05, 3.63) is 0 Å². The maximum absolute atomic E-state index is 3.54. The van der Waals surface area contributed by atoms with Crippen LogP contribution in [0.2, 0.25) is 0 Å². The molecule has 15 aliphatic rings. The first-order valence-corrected chi connectivity index (χ1v) is 36.5. The minimum atomic E-state index is 0.465. The Morgan fingerprint density at radius 3 is 0.532 bits per heavy atom. The Morgan fingerprint density at radius 2 is 0.338 bits per heavy atom. The standard InChI is InChI=1S/C75H124N2/c1-71(2)61-23-15-11-19-51(61)55-33-27-45(39-65(55)71)76(46-28-34-56-52-20-12-16-24-62(52)72(3,4)66(56)40-46)49-31-37-59-60-38-32-50(44-70(60)75(9,10)69(59)43-49)77(47-29-35-57-53-21-13-17-25-63(53)73(5,6)67(57)41-47)48-30-36-58-54-22-14-18-26-64(54)74(7,8)68(58)42-48/h45-70H,11-44H2,1-10H3. The van der Waals surface area contributed by atoms with E-state index >= 15 is 0 Å². The number of rotatable bonds is 6. The zero-order valence-corrected chi connectivity index (χ0v) is 52.4. The Balaban J connectivity index is 0.714. The van der Waals surface area contributed by atoms with E-state index in [4.69, 9.17) is 0 Å². The molecule has 0 N–H and O–H groups in total. The zero-order valence-electron chi connectivity index (χ0n) is 52.4. The van der Waals surface area contributed by atoms with Crippen LogP contribution in [0, 0.1) is 145 Å². The highest BCUT2D eigenvalue weighted by atomic mass is 15.2. The summed E-state index contributed by atoms with van der Waals surface area (Å²) in [6.07, 6.45) is 52.6. The lowest BCUT2D eigenvalue weighted by atomic mass is 9.63. The van der Waals surface area contributed by atoms with Crippen molar-refractivity contribution in [1.29, 1.82) is 0 Å². The van der Waals surface area contributed by atoms with Gasteiger partial charge >= 0.3 is 0 Å². The van der Waals surface area contributed by atoms with Gasteiger partial charge in [0, 0.05) is 36.3 Å². The third-order valence-corrected chi connectivity index (χ3v) is 33.4. The van der Waals surface area contributed by atoms with Crippen LogP contribution in [0.15, 0.2) is 0 Å². The second-order valence-electron chi connectivity index (χ2n) is 36.6. The summed E-state index contributed by atoms with van der Waals surface area (Å²) in [5, 5.41) is 0. The molecule has 0 heterocycles. The van der Waals surface area contributed by atoms with Crippen molar-refractivity contribution in [3.63, 3.8) is 0 Å². The lowest BCUT2D eigenvalue weighted by Crippen LogP contribution is -2.56. The fraction of sp³-hybridized carbons (Fsp3) is 1.00. The SMILES string of the molecule is CC1(C)C2CCCCC2C2CCC(N(C3CCC4C5CCCCC5C(C)(C)C4C3)C3CCC4C5CCC(N(C6CCC7C8CCCCC8C(C)(C)C7C6)C6CCC7C8CCCCC8C(C)(C)C7C6)CC5C(C)(C)C4C3)CC21. The molecule has 15 saturated carbocycles. The average Bonchev–Trinajstić information content (AvgIpc) is 4.27. The largest absolute Gasteiger partial charge is 0.294 e. The zero-order chi connectivity index (χ0) is 52.7. The second kappa shape index (κ2) is 19.5. The van der Waals surface area contributed by atoms with Gasteiger partial charge in [-0.1, -0.05) is 121 Å². The van der Waals surface area contributed by atoms with Crippen molar-refractivity contribution >= 4 is 0 Å². The van der Waals surface area contributed by atoms with Gasteiger partial charge in [0.25, 0.3) is 0 Å². The highest BCUT2D eigenvalue weighted by Gasteiger charge is 2.65. The van der Waals surface area contributed by atoms with Gasteiger partial charge in [-0.25, -0.2) is 0 Å². The Kier molecular flexibility index (Phi) is 13.6. The van der Waals surface area contributed by atoms with E-state index in [9.17, 15) is 0 Å². The van der Waals surface area contributed by atoms with E-state index in [1.165, 1.54) is 51.4 Å². The first kappa shape index (κ1) is 53.6. The van der Waals surface area contributed by atoms with E-state index < -0.39 is 0 Å². The molecule has 0 bridgehead atoms. The molecule has 0 aromatic heterocycles. The number of fused-ring (bicyclic) bond motifs is 15. The summed E-state index contributed by atoms with van der Waals surface area (Å²) in [4.78, 5) is 7.07. The van der Waals surface area contributed by atoms with Gasteiger partial charge in [0.05, 0.1) is 0 Å². The van der Waals surface area contributed by atoms with Crippen LogP contribution in [0.5, 0.6) is 0 Å². The molecule has 0 aromatic carbocycles. The molecule has 0 radical (unpaired) electrons. The number of hydrogen-bond donors (Lipinski definition) is 0. The number of nitrogens with zero attached hydrogens (tertiary/aromatic N) is 2. The summed E-state index contributed by atoms with van der Waals surface area (Å²) in [6, 6.07) is 5.08. The van der Waals surface area contributed by atoms with Crippen LogP contribution in [0.3, 0.4) is 0 Å². The predicted octanol–water partition coefficient (Wildman–Crippen LogP) is 19.7. The summed E-state index contributed by atoms with van der Waals surface area (Å²) in [6.45, 7) is 28.3. The highest BCUT2D eigenvalue weighted by molar-refractivity contribution is 5.16. The summed E-state index contributed by atoms with van der Waals surface area (Å²) in [5.41, 5.74) is 2.64. The minimum absolute atomic E-state index is 0.465. The fourth-order valence-electron chi connectivity index (χ4n) is 30.4. The Bertz CT molecular complexity index is 1870. The first-order valence-electron chi connectivity index (χ1n) is 36.5. The van der Waals surface area contributed by atoms with Gasteiger partial charge in [0.1, 0.15) is 0 Å². The van der Waals surface area contributed by atoms with E-state index in [1.54, 1.807) is 167 Å². The maximum atomic E-state index is 3.54. The molecule has 26 atom stereocenters. The van der Waals surface area contributed by atoms with Crippen molar-refractivity contribution in [2.45, 2.75) is 324 Å². The quantitative estimate of drug-likeness (QED) is 0.262. The molecular weight excluding hydrogens is 929 g/mol. The molecule has 0 saturated heterocycles. The molecule has 15 fully saturated rings. The average molecular weight is 1050 g/mol. The maximum Gasteiger partial charge on any atom is 0.0104 e. The first-order chi connectivity index (χ1) is 37.0. The van der Waals surface area contributed by atoms with Gasteiger partial charge in [0.2, 0.25) is 0 Å². The summed E-state index contributed by atoms with van der Waals surface area (Å²) < 4.78 is 0. The minimum Gasteiger partial charge on any atom is -0.294 e. The highest BCUT2D eigenvalue weighted by Crippen LogP contribution is 2.70. The fourth-order valence-corrected chi connectivity index (χ4v) is 30.4. The van der Waals surface area contributed by atoms with Crippen LogP contribution in [-0.2, 0) is 0 Å². The normalized spacial score (nSPS) is 54.4. The number of hydrogen-bond acceptors (Lipinski definition) is 2. The molecule has 26 unspecified atom stereocenters. The topological polar surface area (TPSA) is 6.48 Å². The van der Waals surface area contributed by atoms with E-state index in [1.807, 2.05) is 0 Å². The molecule has 0 amide bonds. The van der Waals surface area contributed by atoms with Crippen LogP contribution in [0.1, 0.15) is 288 Å². The summed E-state index contributed by atoms with van der Waals surface area (Å²) >= 11 is 0. The molecule has 2 heteroatoms. The second-order valence-corrected chi connectivity index (χ2v) is 36.6. The van der Waals surface area contributed by atoms with Crippen molar-refractivity contribution in [3.8, 4) is 0 Å². The smallest absolute Gasteiger partial charge is 0.0104 e. The molecule has 0 aromatic rings. The van der Waals surface area contributed by atoms with Crippen LogP contribution in [0.25, 0.3) is 0 Å². The lowest BCUT2D eigenvalue weighted by Gasteiger charge is -2.54. The van der Waals surface area contributed by atoms with Crippen LogP contribution in [0.4, 0.5) is 0 Å². The van der Waals surface area contributed by atoms with Gasteiger partial charge in [-0.2, -0.15) is 0 Å². The van der Waals surface area contributed by atoms with Crippen molar-refractivity contribution < 1.29 is 0 Å². The Hall–Kier alpha value is -0.0800. The van der Waals surface area contributed by atoms with Gasteiger partial charge < -0.3 is 0 Å². The van der Waals surface area contributed by atoms with E-state index in [-0.39, 0.29) is 0 Å². The molecular formula is C75H124N2. The Morgan fingerprint density at radius 1 is 0.182 bits per heavy atom. The van der Waals surface area contributed by atoms with Gasteiger partial charge in [-0.05, 0) is 312 Å². The molecule has 434 valence electrons. The predicted molar refractivity (Wildman–Crippen MR) is 322 cm³/mol. The molecule has 77 heavy (non-hydrogen) atoms. The molecule has 15 aliphatic carbocycles. The van der Waals surface area contributed by atoms with E-state index in [0.717, 1.165) is 155 Å². The van der Waals surface area contributed by atoms with Crippen LogP contribution in [-0.4, -0.2) is 46.1 Å². The monoisotopic (exact) mass is 1050 g/mol. The van der Waals surface area contributed by atoms with Gasteiger partial charge in [0.15, 0.2) is 0 Å². The third-order valence-electron chi connectivity index (χ3n) is 33.4. The Labute approximate surface area is 476 Å². The van der Waals surface area contributed by atoms with Crippen LogP contribution >= 0.6 is 0 Å². The summed E-state index contributed by atoms with van der Waals surface area (Å²) in [5.74, 6) is 20.2. The molecule has 0 spiro atoms. The van der Waals surface area contributed by atoms with Gasteiger partial charge in [-0.15, -0.1) is 0 Å². The third kappa shape index (κ3) is 8.13. The van der Waals surface area contributed by atoms with Gasteiger partial charge in [-0.3, -0.25) is 9.80 Å². The van der Waals surface area contributed by atoms with Crippen molar-refractivity contribution in [1.82, 2.24) is 9.80 Å². The molecule has 2 nitrogen and oxygen atoms in total. The van der Waals surface area contributed by atoms with Crippen LogP contribution < -0.4 is 0 Å². The van der Waals surface area contributed by atoms with Crippen molar-refractivity contribution in [2.24, 2.45) is 145 Å². The molecule has 0 aliphatic heterocycles. The van der Waals surface area contributed by atoms with Crippen molar-refractivity contribution in [2.75, 3.05) is 0 Å². The van der Waals surface area contributed by atoms with E-state index in [2.05, 4.69) is 79.0 Å². The molecule has 15 rings (SSSR count). The van der Waals surface area contributed by atoms with E-state index in [0.29, 0.717) is 27.1 Å². The lowest BCUT2D eigenvalue weighted by molar-refractivity contribution is -0.0512.